The first kappa shape index (κ1) is 19.4. The van der Waals surface area contributed by atoms with Crippen molar-refractivity contribution in [3.8, 4) is 5.75 Å². The van der Waals surface area contributed by atoms with Gasteiger partial charge in [-0.05, 0) is 37.0 Å². The van der Waals surface area contributed by atoms with Gasteiger partial charge in [0.25, 0.3) is 0 Å². The molecule has 1 saturated heterocycles. The average molecular weight is 372 g/mol. The first-order chi connectivity index (χ1) is 13.1. The van der Waals surface area contributed by atoms with Crippen molar-refractivity contribution in [3.05, 3.63) is 65.7 Å². The number of carboxylic acid groups (broad SMARTS) is 1. The van der Waals surface area contributed by atoms with E-state index in [-0.39, 0.29) is 11.9 Å². The molecule has 0 aromatic heterocycles. The van der Waals surface area contributed by atoms with Gasteiger partial charge in [-0.3, -0.25) is 0 Å². The van der Waals surface area contributed by atoms with Crippen LogP contribution in [0.2, 0.25) is 0 Å². The summed E-state index contributed by atoms with van der Waals surface area (Å²) < 4.78 is 16.5. The quantitative estimate of drug-likeness (QED) is 0.659. The second-order valence-electron chi connectivity index (χ2n) is 6.42. The Bertz CT molecular complexity index is 741. The second-order valence-corrected chi connectivity index (χ2v) is 6.42. The van der Waals surface area contributed by atoms with Gasteiger partial charge in [-0.2, -0.15) is 0 Å². The lowest BCUT2D eigenvalue weighted by molar-refractivity contribution is -0.155. The number of rotatable bonds is 9. The maximum atomic E-state index is 11.8. The maximum absolute atomic E-state index is 11.8. The third-order valence-electron chi connectivity index (χ3n) is 4.55. The number of hydrogen-bond acceptors (Lipinski definition) is 5. The van der Waals surface area contributed by atoms with Gasteiger partial charge in [0.05, 0.1) is 19.8 Å². The molecule has 0 unspecified atom stereocenters. The van der Waals surface area contributed by atoms with Gasteiger partial charge in [0, 0.05) is 5.56 Å². The van der Waals surface area contributed by atoms with Gasteiger partial charge < -0.3 is 24.4 Å². The molecule has 1 aliphatic rings. The molecule has 0 amide bonds. The maximum Gasteiger partial charge on any atom is 0.345 e. The van der Waals surface area contributed by atoms with Crippen LogP contribution in [0.15, 0.2) is 54.6 Å². The summed E-state index contributed by atoms with van der Waals surface area (Å²) in [6.45, 7) is 1.80. The molecule has 0 aliphatic carbocycles. The number of aliphatic hydroxyl groups is 1. The van der Waals surface area contributed by atoms with E-state index < -0.39 is 11.6 Å². The van der Waals surface area contributed by atoms with Gasteiger partial charge in [0.2, 0.25) is 5.60 Å². The summed E-state index contributed by atoms with van der Waals surface area (Å²) >= 11 is 0. The van der Waals surface area contributed by atoms with Crippen LogP contribution in [0.1, 0.15) is 30.4 Å². The van der Waals surface area contributed by atoms with Crippen LogP contribution in [0.4, 0.5) is 0 Å². The molecule has 0 radical (unpaired) electrons. The van der Waals surface area contributed by atoms with Gasteiger partial charge in [0.15, 0.2) is 6.29 Å². The molecule has 6 heteroatoms. The van der Waals surface area contributed by atoms with E-state index >= 15 is 0 Å². The molecular weight excluding hydrogens is 348 g/mol. The second kappa shape index (κ2) is 8.99. The minimum Gasteiger partial charge on any atom is -0.494 e. The molecule has 2 N–H and O–H groups in total. The zero-order valence-electron chi connectivity index (χ0n) is 15.0. The van der Waals surface area contributed by atoms with Crippen LogP contribution in [0.25, 0.3) is 0 Å². The highest BCUT2D eigenvalue weighted by atomic mass is 16.7. The lowest BCUT2D eigenvalue weighted by Crippen LogP contribution is -2.36. The van der Waals surface area contributed by atoms with Crippen molar-refractivity contribution in [2.24, 2.45) is 0 Å². The fourth-order valence-corrected chi connectivity index (χ4v) is 3.08. The number of hydrogen-bond donors (Lipinski definition) is 2. The van der Waals surface area contributed by atoms with Gasteiger partial charge in [0.1, 0.15) is 5.75 Å². The number of ether oxygens (including phenoxy) is 3. The van der Waals surface area contributed by atoms with Crippen molar-refractivity contribution in [3.63, 3.8) is 0 Å². The molecule has 144 valence electrons. The Kier molecular flexibility index (Phi) is 6.45. The molecule has 1 aliphatic heterocycles. The molecule has 27 heavy (non-hydrogen) atoms. The topological polar surface area (TPSA) is 85.2 Å². The minimum atomic E-state index is -2.13. The number of carbonyl (C=O) groups is 1. The van der Waals surface area contributed by atoms with E-state index in [9.17, 15) is 15.0 Å². The van der Waals surface area contributed by atoms with E-state index in [0.29, 0.717) is 31.1 Å². The molecule has 0 saturated carbocycles. The zero-order chi connectivity index (χ0) is 19.1. The first-order valence-corrected chi connectivity index (χ1v) is 9.08. The highest BCUT2D eigenvalue weighted by molar-refractivity contribution is 5.83. The average Bonchev–Trinajstić information content (AvgIpc) is 3.21. The third kappa shape index (κ3) is 4.66. The molecule has 1 atom stereocenters. The fourth-order valence-electron chi connectivity index (χ4n) is 3.08. The number of aliphatic carboxylic acids is 1. The summed E-state index contributed by atoms with van der Waals surface area (Å²) in [5.74, 6) is -0.807. The molecule has 2 aromatic carbocycles. The van der Waals surface area contributed by atoms with E-state index in [0.717, 1.165) is 19.3 Å². The van der Waals surface area contributed by atoms with Crippen LogP contribution in [0.5, 0.6) is 5.75 Å². The van der Waals surface area contributed by atoms with Gasteiger partial charge >= 0.3 is 5.97 Å². The predicted octanol–water partition coefficient (Wildman–Crippen LogP) is 2.93. The Labute approximate surface area is 158 Å². The Morgan fingerprint density at radius 3 is 2.44 bits per heavy atom. The first-order valence-electron chi connectivity index (χ1n) is 9.08. The van der Waals surface area contributed by atoms with Crippen LogP contribution in [0.3, 0.4) is 0 Å². The highest BCUT2D eigenvalue weighted by Crippen LogP contribution is 2.32. The summed E-state index contributed by atoms with van der Waals surface area (Å²) in [5, 5.41) is 20.6. The van der Waals surface area contributed by atoms with Gasteiger partial charge in [-0.25, -0.2) is 4.79 Å². The van der Waals surface area contributed by atoms with Crippen molar-refractivity contribution in [1.29, 1.82) is 0 Å². The summed E-state index contributed by atoms with van der Waals surface area (Å²) in [5.41, 5.74) is -1.57. The Balaban J connectivity index is 1.62. The molecule has 2 aromatic rings. The molecule has 1 heterocycles. The van der Waals surface area contributed by atoms with E-state index in [2.05, 4.69) is 0 Å². The lowest BCUT2D eigenvalue weighted by atomic mass is 9.86. The van der Waals surface area contributed by atoms with Crippen LogP contribution in [-0.2, 0) is 19.9 Å². The van der Waals surface area contributed by atoms with E-state index in [4.69, 9.17) is 14.2 Å². The van der Waals surface area contributed by atoms with Crippen LogP contribution in [-0.4, -0.2) is 42.3 Å². The third-order valence-corrected chi connectivity index (χ3v) is 4.55. The lowest BCUT2D eigenvalue weighted by Gasteiger charge is -2.25. The summed E-state index contributed by atoms with van der Waals surface area (Å²) in [6.07, 6.45) is 2.46. The van der Waals surface area contributed by atoms with Gasteiger partial charge in [-0.15, -0.1) is 0 Å². The SMILES string of the molecule is O=C(O)[C@@](O)(c1ccccc1)c1cccc(OCCCCC2OCCO2)c1. The molecule has 1 fully saturated rings. The van der Waals surface area contributed by atoms with Crippen molar-refractivity contribution >= 4 is 5.97 Å². The summed E-state index contributed by atoms with van der Waals surface area (Å²) in [6, 6.07) is 14.9. The number of carboxylic acids is 1. The minimum absolute atomic E-state index is 0.107. The number of unbranched alkanes of at least 4 members (excludes halogenated alkanes) is 1. The van der Waals surface area contributed by atoms with Crippen LogP contribution < -0.4 is 4.74 Å². The predicted molar refractivity (Wildman–Crippen MR) is 98.6 cm³/mol. The van der Waals surface area contributed by atoms with Crippen LogP contribution >= 0.6 is 0 Å². The molecule has 0 bridgehead atoms. The van der Waals surface area contributed by atoms with Crippen molar-refractivity contribution in [2.75, 3.05) is 19.8 Å². The normalized spacial score (nSPS) is 16.8. The van der Waals surface area contributed by atoms with E-state index in [1.165, 1.54) is 0 Å². The number of benzene rings is 2. The van der Waals surface area contributed by atoms with E-state index in [1.807, 2.05) is 0 Å². The van der Waals surface area contributed by atoms with Gasteiger partial charge in [-0.1, -0.05) is 42.5 Å². The standard InChI is InChI=1S/C21H24O6/c22-20(23)21(24,16-7-2-1-3-8-16)17-9-6-10-18(15-17)25-12-5-4-11-19-26-13-14-27-19/h1-3,6-10,15,19,24H,4-5,11-14H2,(H,22,23)/t21-/m1/s1. The monoisotopic (exact) mass is 372 g/mol. The molecule has 0 spiro atoms. The Morgan fingerprint density at radius 1 is 1.04 bits per heavy atom. The van der Waals surface area contributed by atoms with Crippen molar-refractivity contribution in [1.82, 2.24) is 0 Å². The smallest absolute Gasteiger partial charge is 0.345 e. The van der Waals surface area contributed by atoms with Crippen molar-refractivity contribution < 1.29 is 29.2 Å². The molecule has 3 rings (SSSR count). The highest BCUT2D eigenvalue weighted by Gasteiger charge is 2.40. The zero-order valence-corrected chi connectivity index (χ0v) is 15.0. The largest absolute Gasteiger partial charge is 0.494 e. The Morgan fingerprint density at radius 2 is 1.74 bits per heavy atom. The van der Waals surface area contributed by atoms with Crippen molar-refractivity contribution in [2.45, 2.75) is 31.2 Å². The molecular formula is C21H24O6. The van der Waals surface area contributed by atoms with E-state index in [1.54, 1.807) is 54.6 Å². The summed E-state index contributed by atoms with van der Waals surface area (Å²) in [4.78, 5) is 11.8. The molecule has 6 nitrogen and oxygen atoms in total. The Hall–Kier alpha value is -2.41. The summed E-state index contributed by atoms with van der Waals surface area (Å²) in [7, 11) is 0. The van der Waals surface area contributed by atoms with Crippen LogP contribution in [0, 0.1) is 0 Å². The fraction of sp³-hybridized carbons (Fsp3) is 0.381.